The third-order valence-electron chi connectivity index (χ3n) is 3.24. The fraction of sp³-hybridized carbons (Fsp3) is 0.833. The molecule has 0 unspecified atom stereocenters. The molecule has 3 nitrogen and oxygen atoms in total. The van der Waals surface area contributed by atoms with Crippen molar-refractivity contribution in [2.24, 2.45) is 0 Å². The van der Waals surface area contributed by atoms with E-state index in [0.717, 1.165) is 32.1 Å². The fourth-order valence-corrected chi connectivity index (χ4v) is 2.28. The molecule has 0 saturated heterocycles. The molecule has 86 valence electrons. The van der Waals surface area contributed by atoms with Crippen molar-refractivity contribution in [1.29, 1.82) is 0 Å². The lowest BCUT2D eigenvalue weighted by atomic mass is 9.79. The minimum atomic E-state index is -0.537. The molecule has 15 heavy (non-hydrogen) atoms. The van der Waals surface area contributed by atoms with E-state index in [0.29, 0.717) is 6.42 Å². The summed E-state index contributed by atoms with van der Waals surface area (Å²) < 4.78 is 0. The number of nitrogens with one attached hydrogen (secondary N) is 1. The Morgan fingerprint density at radius 3 is 2.27 bits per heavy atom. The van der Waals surface area contributed by atoms with Gasteiger partial charge in [0, 0.05) is 6.42 Å². The molecule has 0 aromatic heterocycles. The molecule has 0 atom stereocenters. The molecule has 1 N–H and O–H groups in total. The highest BCUT2D eigenvalue weighted by molar-refractivity contribution is 5.91. The second-order valence-corrected chi connectivity index (χ2v) is 4.50. The third-order valence-corrected chi connectivity index (χ3v) is 3.24. The van der Waals surface area contributed by atoms with Crippen LogP contribution in [0.15, 0.2) is 0 Å². The lowest BCUT2D eigenvalue weighted by Gasteiger charge is -2.35. The highest BCUT2D eigenvalue weighted by Crippen LogP contribution is 2.29. The van der Waals surface area contributed by atoms with Gasteiger partial charge < -0.3 is 5.32 Å². The van der Waals surface area contributed by atoms with E-state index in [4.69, 9.17) is 0 Å². The second-order valence-electron chi connectivity index (χ2n) is 4.50. The topological polar surface area (TPSA) is 46.2 Å². The van der Waals surface area contributed by atoms with Gasteiger partial charge in [0.1, 0.15) is 0 Å². The van der Waals surface area contributed by atoms with E-state index in [1.54, 1.807) is 6.92 Å². The number of hydrogen-bond donors (Lipinski definition) is 1. The monoisotopic (exact) mass is 211 g/mol. The van der Waals surface area contributed by atoms with E-state index in [1.165, 1.54) is 6.42 Å². The molecular formula is C12H21NO2. The van der Waals surface area contributed by atoms with E-state index in [1.807, 2.05) is 6.92 Å². The molecule has 0 aromatic rings. The number of carbonyl (C=O) groups is 2. The summed E-state index contributed by atoms with van der Waals surface area (Å²) in [5.74, 6) is 0.140. The number of ketones is 1. The predicted octanol–water partition coefficient (Wildman–Crippen LogP) is 2.19. The molecule has 1 rings (SSSR count). The first kappa shape index (κ1) is 12.2. The smallest absolute Gasteiger partial charge is 0.220 e. The van der Waals surface area contributed by atoms with E-state index in [2.05, 4.69) is 5.32 Å². The highest BCUT2D eigenvalue weighted by Gasteiger charge is 2.37. The summed E-state index contributed by atoms with van der Waals surface area (Å²) in [6, 6.07) is 0. The Labute approximate surface area is 91.6 Å². The van der Waals surface area contributed by atoms with Crippen LogP contribution < -0.4 is 5.32 Å². The van der Waals surface area contributed by atoms with Gasteiger partial charge in [-0.15, -0.1) is 0 Å². The zero-order valence-electron chi connectivity index (χ0n) is 9.77. The Morgan fingerprint density at radius 2 is 1.80 bits per heavy atom. The van der Waals surface area contributed by atoms with Crippen LogP contribution in [-0.2, 0) is 9.59 Å². The Bertz CT molecular complexity index is 242. The van der Waals surface area contributed by atoms with Crippen molar-refractivity contribution in [2.45, 2.75) is 64.3 Å². The summed E-state index contributed by atoms with van der Waals surface area (Å²) in [5, 5.41) is 2.94. The van der Waals surface area contributed by atoms with Gasteiger partial charge in [0.15, 0.2) is 5.78 Å². The molecule has 1 aliphatic carbocycles. The number of hydrogen-bond acceptors (Lipinski definition) is 2. The van der Waals surface area contributed by atoms with E-state index in [9.17, 15) is 9.59 Å². The van der Waals surface area contributed by atoms with Crippen LogP contribution in [0.1, 0.15) is 58.8 Å². The molecule has 1 aliphatic rings. The van der Waals surface area contributed by atoms with E-state index < -0.39 is 5.54 Å². The van der Waals surface area contributed by atoms with Crippen molar-refractivity contribution >= 4 is 11.7 Å². The molecule has 0 heterocycles. The quantitative estimate of drug-likeness (QED) is 0.774. The van der Waals surface area contributed by atoms with Crippen LogP contribution in [0.5, 0.6) is 0 Å². The second kappa shape index (κ2) is 5.29. The maximum atomic E-state index is 11.6. The lowest BCUT2D eigenvalue weighted by molar-refractivity contribution is -0.132. The Morgan fingerprint density at radius 1 is 1.20 bits per heavy atom. The molecule has 0 bridgehead atoms. The molecule has 3 heteroatoms. The molecule has 1 fully saturated rings. The summed E-state index contributed by atoms with van der Waals surface area (Å²) >= 11 is 0. The van der Waals surface area contributed by atoms with Gasteiger partial charge in [-0.05, 0) is 26.2 Å². The Hall–Kier alpha value is -0.860. The van der Waals surface area contributed by atoms with Gasteiger partial charge in [0.25, 0.3) is 0 Å². The molecule has 0 aliphatic heterocycles. The molecule has 0 radical (unpaired) electrons. The van der Waals surface area contributed by atoms with Crippen LogP contribution in [0.25, 0.3) is 0 Å². The van der Waals surface area contributed by atoms with Gasteiger partial charge >= 0.3 is 0 Å². The number of carbonyl (C=O) groups excluding carboxylic acids is 2. The third kappa shape index (κ3) is 3.05. The summed E-state index contributed by atoms with van der Waals surface area (Å²) in [4.78, 5) is 23.2. The first-order valence-electron chi connectivity index (χ1n) is 5.93. The van der Waals surface area contributed by atoms with Gasteiger partial charge in [-0.1, -0.05) is 26.2 Å². The maximum absolute atomic E-state index is 11.6. The van der Waals surface area contributed by atoms with Crippen LogP contribution in [0.3, 0.4) is 0 Å². The lowest BCUT2D eigenvalue weighted by Crippen LogP contribution is -2.54. The van der Waals surface area contributed by atoms with Crippen LogP contribution >= 0.6 is 0 Å². The number of amides is 1. The van der Waals surface area contributed by atoms with Crippen molar-refractivity contribution in [3.8, 4) is 0 Å². The average molecular weight is 211 g/mol. The minimum absolute atomic E-state index is 0.0228. The summed E-state index contributed by atoms with van der Waals surface area (Å²) in [7, 11) is 0. The van der Waals surface area contributed by atoms with Crippen molar-refractivity contribution in [3.63, 3.8) is 0 Å². The normalized spacial score (nSPS) is 19.6. The van der Waals surface area contributed by atoms with Crippen molar-refractivity contribution in [3.05, 3.63) is 0 Å². The van der Waals surface area contributed by atoms with Crippen LogP contribution in [0.2, 0.25) is 0 Å². The number of Topliss-reactive ketones (excluding diaryl/α,β-unsaturated/α-hetero) is 1. The largest absolute Gasteiger partial charge is 0.344 e. The van der Waals surface area contributed by atoms with E-state index >= 15 is 0 Å². The van der Waals surface area contributed by atoms with Crippen molar-refractivity contribution < 1.29 is 9.59 Å². The van der Waals surface area contributed by atoms with Crippen molar-refractivity contribution in [2.75, 3.05) is 0 Å². The van der Waals surface area contributed by atoms with Gasteiger partial charge in [0.2, 0.25) is 5.91 Å². The molecule has 1 amide bonds. The average Bonchev–Trinajstić information content (AvgIpc) is 2.19. The van der Waals surface area contributed by atoms with Crippen LogP contribution in [-0.4, -0.2) is 17.2 Å². The summed E-state index contributed by atoms with van der Waals surface area (Å²) in [6.07, 6.45) is 6.26. The van der Waals surface area contributed by atoms with Crippen molar-refractivity contribution in [1.82, 2.24) is 5.32 Å². The van der Waals surface area contributed by atoms with Gasteiger partial charge in [-0.25, -0.2) is 0 Å². The zero-order valence-corrected chi connectivity index (χ0v) is 9.77. The Balaban J connectivity index is 2.64. The van der Waals surface area contributed by atoms with Gasteiger partial charge in [-0.2, -0.15) is 0 Å². The first-order chi connectivity index (χ1) is 7.10. The highest BCUT2D eigenvalue weighted by atomic mass is 16.2. The van der Waals surface area contributed by atoms with E-state index in [-0.39, 0.29) is 11.7 Å². The molecular weight excluding hydrogens is 190 g/mol. The minimum Gasteiger partial charge on any atom is -0.344 e. The summed E-state index contributed by atoms with van der Waals surface area (Å²) in [5.41, 5.74) is -0.537. The molecule has 0 spiro atoms. The standard InChI is InChI=1S/C12H21NO2/c1-3-7-11(15)13-12(10(2)14)8-5-4-6-9-12/h3-9H2,1-2H3,(H,13,15). The zero-order chi connectivity index (χ0) is 11.3. The number of rotatable bonds is 4. The van der Waals surface area contributed by atoms with Gasteiger partial charge in [0.05, 0.1) is 5.54 Å². The fourth-order valence-electron chi connectivity index (χ4n) is 2.28. The first-order valence-corrected chi connectivity index (χ1v) is 5.93. The van der Waals surface area contributed by atoms with Crippen LogP contribution in [0.4, 0.5) is 0 Å². The van der Waals surface area contributed by atoms with Crippen LogP contribution in [0, 0.1) is 0 Å². The molecule has 0 aromatic carbocycles. The molecule has 1 saturated carbocycles. The summed E-state index contributed by atoms with van der Waals surface area (Å²) in [6.45, 7) is 3.57. The SMILES string of the molecule is CCCC(=O)NC1(C(C)=O)CCCCC1. The predicted molar refractivity (Wildman–Crippen MR) is 59.5 cm³/mol. The Kier molecular flexibility index (Phi) is 4.30. The van der Waals surface area contributed by atoms with Gasteiger partial charge in [-0.3, -0.25) is 9.59 Å². The maximum Gasteiger partial charge on any atom is 0.220 e.